The van der Waals surface area contributed by atoms with Crippen LogP contribution in [0.1, 0.15) is 54.0 Å². The van der Waals surface area contributed by atoms with E-state index in [0.717, 1.165) is 47.4 Å². The predicted octanol–water partition coefficient (Wildman–Crippen LogP) is 3.07. The minimum absolute atomic E-state index is 0.0897. The van der Waals surface area contributed by atoms with Crippen LogP contribution >= 0.6 is 0 Å². The molecule has 0 bridgehead atoms. The van der Waals surface area contributed by atoms with Crippen LogP contribution in [0, 0.1) is 0 Å². The zero-order valence-corrected chi connectivity index (χ0v) is 17.8. The van der Waals surface area contributed by atoms with E-state index in [1.807, 2.05) is 19.2 Å². The van der Waals surface area contributed by atoms with Gasteiger partial charge < -0.3 is 15.0 Å². The average molecular weight is 415 g/mol. The number of benzene rings is 1. The number of aryl methyl sites for hydroxylation is 2. The Labute approximate surface area is 179 Å². The first-order chi connectivity index (χ1) is 15.0. The van der Waals surface area contributed by atoms with Gasteiger partial charge in [-0.25, -0.2) is 4.98 Å². The summed E-state index contributed by atoms with van der Waals surface area (Å²) < 4.78 is 1.80. The van der Waals surface area contributed by atoms with Gasteiger partial charge in [0.05, 0.1) is 23.4 Å². The van der Waals surface area contributed by atoms with Crippen molar-refractivity contribution in [3.8, 4) is 11.4 Å². The van der Waals surface area contributed by atoms with E-state index in [0.29, 0.717) is 24.1 Å². The van der Waals surface area contributed by atoms with Crippen LogP contribution in [0.2, 0.25) is 0 Å². The Morgan fingerprint density at radius 3 is 2.68 bits per heavy atom. The van der Waals surface area contributed by atoms with Crippen molar-refractivity contribution in [3.63, 3.8) is 0 Å². The Kier molecular flexibility index (Phi) is 3.79. The third kappa shape index (κ3) is 2.28. The molecule has 1 aromatic carbocycles. The Morgan fingerprint density at radius 2 is 1.90 bits per heavy atom. The highest BCUT2D eigenvalue weighted by Crippen LogP contribution is 2.43. The highest BCUT2D eigenvalue weighted by atomic mass is 16.3. The number of pyridine rings is 2. The maximum absolute atomic E-state index is 13.5. The van der Waals surface area contributed by atoms with Crippen molar-refractivity contribution in [1.82, 2.24) is 9.55 Å². The first kappa shape index (κ1) is 18.8. The second kappa shape index (κ2) is 6.26. The van der Waals surface area contributed by atoms with E-state index in [2.05, 4.69) is 11.4 Å². The van der Waals surface area contributed by atoms with E-state index >= 15 is 0 Å². The fourth-order valence-corrected chi connectivity index (χ4v) is 5.94. The number of carbonyl (C=O) groups excluding carboxylic acids is 1. The van der Waals surface area contributed by atoms with Gasteiger partial charge in [-0.05, 0) is 61.4 Å². The van der Waals surface area contributed by atoms with E-state index in [-0.39, 0.29) is 24.2 Å². The molecule has 1 atom stereocenters. The molecular formula is C25H25N3O3. The topological polar surface area (TPSA) is 84.2 Å². The van der Waals surface area contributed by atoms with Crippen LogP contribution in [0.25, 0.3) is 22.3 Å². The van der Waals surface area contributed by atoms with E-state index in [9.17, 15) is 14.7 Å². The fourth-order valence-electron chi connectivity index (χ4n) is 5.94. The molecule has 3 heterocycles. The van der Waals surface area contributed by atoms with Crippen molar-refractivity contribution in [2.75, 3.05) is 12.4 Å². The molecule has 0 saturated heterocycles. The number of aliphatic hydroxyl groups is 1. The Bertz CT molecular complexity index is 1370. The summed E-state index contributed by atoms with van der Waals surface area (Å²) in [5, 5.41) is 15.7. The monoisotopic (exact) mass is 415 g/mol. The quantitative estimate of drug-likeness (QED) is 0.526. The SMILES string of the molecule is CC[C@@]1(O)C(=O)CCc2c1cc1n(c2=O)Cc2c-1nc1ccc(NC)c3c1c2CCC3. The predicted molar refractivity (Wildman–Crippen MR) is 120 cm³/mol. The number of rotatable bonds is 2. The van der Waals surface area contributed by atoms with Crippen LogP contribution in [0.4, 0.5) is 5.69 Å². The highest BCUT2D eigenvalue weighted by molar-refractivity contribution is 5.95. The van der Waals surface area contributed by atoms with Crippen molar-refractivity contribution in [2.24, 2.45) is 0 Å². The molecule has 0 amide bonds. The van der Waals surface area contributed by atoms with Crippen LogP contribution in [0.3, 0.4) is 0 Å². The first-order valence-electron chi connectivity index (χ1n) is 11.2. The molecule has 2 aliphatic carbocycles. The van der Waals surface area contributed by atoms with Crippen LogP contribution in [-0.4, -0.2) is 27.5 Å². The molecule has 6 rings (SSSR count). The van der Waals surface area contributed by atoms with Gasteiger partial charge in [-0.15, -0.1) is 0 Å². The lowest BCUT2D eigenvalue weighted by molar-refractivity contribution is -0.140. The molecule has 158 valence electrons. The molecule has 0 spiro atoms. The summed E-state index contributed by atoms with van der Waals surface area (Å²) in [4.78, 5) is 31.0. The summed E-state index contributed by atoms with van der Waals surface area (Å²) >= 11 is 0. The zero-order chi connectivity index (χ0) is 21.5. The van der Waals surface area contributed by atoms with Gasteiger partial charge in [0, 0.05) is 41.2 Å². The third-order valence-electron chi connectivity index (χ3n) is 7.58. The van der Waals surface area contributed by atoms with Gasteiger partial charge in [-0.3, -0.25) is 9.59 Å². The average Bonchev–Trinajstić information content (AvgIpc) is 3.16. The van der Waals surface area contributed by atoms with E-state index < -0.39 is 5.60 Å². The van der Waals surface area contributed by atoms with Crippen LogP contribution in [0.5, 0.6) is 0 Å². The van der Waals surface area contributed by atoms with Gasteiger partial charge in [0.25, 0.3) is 5.56 Å². The number of anilines is 1. The van der Waals surface area contributed by atoms with Crippen molar-refractivity contribution >= 4 is 22.4 Å². The first-order valence-corrected chi connectivity index (χ1v) is 11.2. The molecule has 6 heteroatoms. The number of aromatic nitrogens is 2. The summed E-state index contributed by atoms with van der Waals surface area (Å²) in [5.74, 6) is -0.198. The maximum atomic E-state index is 13.5. The number of nitrogens with one attached hydrogen (secondary N) is 1. The molecule has 3 aliphatic rings. The smallest absolute Gasteiger partial charge is 0.254 e. The number of ketones is 1. The second-order valence-corrected chi connectivity index (χ2v) is 8.96. The number of Topliss-reactive ketones (excluding diaryl/α,β-unsaturated/α-hetero) is 1. The second-order valence-electron chi connectivity index (χ2n) is 8.96. The number of fused-ring (bicyclic) bond motifs is 5. The lowest BCUT2D eigenvalue weighted by atomic mass is 9.77. The molecular weight excluding hydrogens is 390 g/mol. The maximum Gasteiger partial charge on any atom is 0.254 e. The Balaban J connectivity index is 1.66. The van der Waals surface area contributed by atoms with E-state index in [1.165, 1.54) is 16.5 Å². The number of nitrogens with zero attached hydrogens (tertiary/aromatic N) is 2. The van der Waals surface area contributed by atoms with Gasteiger partial charge >= 0.3 is 0 Å². The Hall–Kier alpha value is -2.99. The number of carbonyl (C=O) groups is 1. The largest absolute Gasteiger partial charge is 0.388 e. The van der Waals surface area contributed by atoms with Gasteiger partial charge in [-0.2, -0.15) is 0 Å². The van der Waals surface area contributed by atoms with Crippen molar-refractivity contribution in [2.45, 2.75) is 57.6 Å². The minimum Gasteiger partial charge on any atom is -0.388 e. The lowest BCUT2D eigenvalue weighted by Gasteiger charge is -2.32. The molecule has 0 saturated carbocycles. The molecule has 2 aromatic heterocycles. The summed E-state index contributed by atoms with van der Waals surface area (Å²) in [6, 6.07) is 5.99. The summed E-state index contributed by atoms with van der Waals surface area (Å²) in [6.45, 7) is 2.30. The van der Waals surface area contributed by atoms with Gasteiger partial charge in [0.15, 0.2) is 5.78 Å². The van der Waals surface area contributed by atoms with Gasteiger partial charge in [-0.1, -0.05) is 6.92 Å². The molecule has 31 heavy (non-hydrogen) atoms. The van der Waals surface area contributed by atoms with E-state index in [4.69, 9.17) is 4.98 Å². The summed E-state index contributed by atoms with van der Waals surface area (Å²) in [7, 11) is 1.95. The molecule has 0 radical (unpaired) electrons. The van der Waals surface area contributed by atoms with Crippen LogP contribution in [0.15, 0.2) is 23.0 Å². The van der Waals surface area contributed by atoms with Gasteiger partial charge in [0.2, 0.25) is 0 Å². The molecule has 0 fully saturated rings. The molecule has 6 nitrogen and oxygen atoms in total. The molecule has 0 unspecified atom stereocenters. The van der Waals surface area contributed by atoms with Crippen LogP contribution in [-0.2, 0) is 36.2 Å². The van der Waals surface area contributed by atoms with Crippen LogP contribution < -0.4 is 10.9 Å². The molecule has 3 aromatic rings. The zero-order valence-electron chi connectivity index (χ0n) is 17.8. The molecule has 2 N–H and O–H groups in total. The summed E-state index contributed by atoms with van der Waals surface area (Å²) in [5.41, 5.74) is 6.76. The van der Waals surface area contributed by atoms with Gasteiger partial charge in [0.1, 0.15) is 5.60 Å². The molecule has 1 aliphatic heterocycles. The van der Waals surface area contributed by atoms with Crippen molar-refractivity contribution < 1.29 is 9.90 Å². The number of hydrogen-bond donors (Lipinski definition) is 2. The lowest BCUT2D eigenvalue weighted by Crippen LogP contribution is -2.43. The highest BCUT2D eigenvalue weighted by Gasteiger charge is 2.43. The van der Waals surface area contributed by atoms with E-state index in [1.54, 1.807) is 11.5 Å². The fraction of sp³-hybridized carbons (Fsp3) is 0.400. The Morgan fingerprint density at radius 1 is 1.10 bits per heavy atom. The third-order valence-corrected chi connectivity index (χ3v) is 7.58. The minimum atomic E-state index is -1.58. The normalized spacial score (nSPS) is 21.1. The number of hydrogen-bond acceptors (Lipinski definition) is 5. The van der Waals surface area contributed by atoms with Crippen molar-refractivity contribution in [3.05, 3.63) is 56.4 Å². The standard InChI is InChI=1S/C25H25N3O3/c1-3-25(31)17-11-20-23-16(12-28(20)24(30)14(17)7-10-21(25)29)13-5-4-6-15-18(26-2)8-9-19(27-23)22(13)15/h8-9,11,26,31H,3-7,10,12H2,1-2H3/t25-/m0/s1. The van der Waals surface area contributed by atoms with Crippen molar-refractivity contribution in [1.29, 1.82) is 0 Å². The summed E-state index contributed by atoms with van der Waals surface area (Å²) in [6.07, 6.45) is 3.94.